The molecule has 0 aromatic heterocycles. The third kappa shape index (κ3) is 8.26. The van der Waals surface area contributed by atoms with E-state index < -0.39 is 0 Å². The maximum atomic E-state index is 13.3. The molecule has 31 heavy (non-hydrogen) atoms. The summed E-state index contributed by atoms with van der Waals surface area (Å²) in [5, 5.41) is 3.69. The van der Waals surface area contributed by atoms with Crippen molar-refractivity contribution in [2.24, 2.45) is 11.8 Å². The van der Waals surface area contributed by atoms with Gasteiger partial charge in [-0.15, -0.1) is 0 Å². The molecule has 174 valence electrons. The van der Waals surface area contributed by atoms with Crippen LogP contribution in [-0.4, -0.2) is 18.4 Å². The summed E-state index contributed by atoms with van der Waals surface area (Å²) in [4.78, 5) is 13.3. The maximum absolute atomic E-state index is 13.3. The maximum Gasteiger partial charge on any atom is 0.136 e. The van der Waals surface area contributed by atoms with Gasteiger partial charge in [0.05, 0.1) is 0 Å². The molecule has 0 saturated carbocycles. The van der Waals surface area contributed by atoms with Gasteiger partial charge in [0.1, 0.15) is 5.78 Å². The van der Waals surface area contributed by atoms with Crippen LogP contribution >= 0.6 is 0 Å². The van der Waals surface area contributed by atoms with E-state index >= 15 is 0 Å². The van der Waals surface area contributed by atoms with Gasteiger partial charge in [-0.25, -0.2) is 0 Å². The van der Waals surface area contributed by atoms with Crippen LogP contribution in [0, 0.1) is 11.8 Å². The third-order valence-corrected chi connectivity index (χ3v) is 6.75. The van der Waals surface area contributed by atoms with Gasteiger partial charge in [0.25, 0.3) is 0 Å². The minimum atomic E-state index is -0.181. The van der Waals surface area contributed by atoms with Crippen LogP contribution in [0.4, 0.5) is 0 Å². The van der Waals surface area contributed by atoms with E-state index in [2.05, 4.69) is 82.9 Å². The van der Waals surface area contributed by atoms with Crippen molar-refractivity contribution in [1.29, 1.82) is 0 Å². The van der Waals surface area contributed by atoms with E-state index in [1.807, 2.05) is 25.1 Å². The summed E-state index contributed by atoms with van der Waals surface area (Å²) in [6, 6.07) is 10.8. The van der Waals surface area contributed by atoms with E-state index in [0.717, 1.165) is 19.4 Å². The molecule has 2 heteroatoms. The predicted octanol–water partition coefficient (Wildman–Crippen LogP) is 7.67. The number of unbranched alkanes of at least 4 members (excludes halogenated alkanes) is 1. The molecule has 0 fully saturated rings. The second-order valence-electron chi connectivity index (χ2n) is 9.12. The van der Waals surface area contributed by atoms with E-state index in [-0.39, 0.29) is 18.7 Å². The number of allylic oxidation sites excluding steroid dienone is 4. The summed E-state index contributed by atoms with van der Waals surface area (Å²) in [5.74, 6) is 0.603. The molecule has 2 nitrogen and oxygen atoms in total. The van der Waals surface area contributed by atoms with Crippen molar-refractivity contribution in [3.8, 4) is 0 Å². The summed E-state index contributed by atoms with van der Waals surface area (Å²) in [6.45, 7) is 17.9. The van der Waals surface area contributed by atoms with Crippen LogP contribution in [0.15, 0.2) is 66.8 Å². The minimum absolute atomic E-state index is 0. The normalized spacial score (nSPS) is 15.6. The lowest BCUT2D eigenvalue weighted by molar-refractivity contribution is -0.124. The Morgan fingerprint density at radius 1 is 1.19 bits per heavy atom. The summed E-state index contributed by atoms with van der Waals surface area (Å²) in [5.41, 5.74) is 2.27. The first-order valence-corrected chi connectivity index (χ1v) is 12.1. The Labute approximate surface area is 193 Å². The standard InChI is InChI=1S/C29H45NO.H2/c1-8-12-17-24(10-3)26(27(30-11-4)20-13-9-2)21-22-28(31)23(5)29(6,7)25-18-15-14-16-19-25;/h8,10,12,14-19,23,26-27,30H,3,9,11,13,20-22H2,1-2,4-7H3;1H/b12-8-,24-17+;. The van der Waals surface area contributed by atoms with Crippen LogP contribution in [-0.2, 0) is 10.2 Å². The van der Waals surface area contributed by atoms with Crippen molar-refractivity contribution in [2.45, 2.75) is 85.1 Å². The quantitative estimate of drug-likeness (QED) is 0.292. The van der Waals surface area contributed by atoms with Crippen molar-refractivity contribution in [1.82, 2.24) is 5.32 Å². The predicted molar refractivity (Wildman–Crippen MR) is 139 cm³/mol. The molecular formula is C29H47NO. The van der Waals surface area contributed by atoms with Gasteiger partial charge in [0.15, 0.2) is 0 Å². The summed E-state index contributed by atoms with van der Waals surface area (Å²) in [6.07, 6.45) is 13.2. The van der Waals surface area contributed by atoms with E-state index in [1.54, 1.807) is 0 Å². The molecule has 3 unspecified atom stereocenters. The summed E-state index contributed by atoms with van der Waals surface area (Å²) in [7, 11) is 0. The molecule has 1 N–H and O–H groups in total. The molecule has 0 spiro atoms. The molecule has 1 aromatic rings. The van der Waals surface area contributed by atoms with Crippen molar-refractivity contribution >= 4 is 5.78 Å². The lowest BCUT2D eigenvalue weighted by Gasteiger charge is -2.33. The van der Waals surface area contributed by atoms with Gasteiger partial charge in [-0.3, -0.25) is 4.79 Å². The highest BCUT2D eigenvalue weighted by molar-refractivity contribution is 5.82. The Morgan fingerprint density at radius 2 is 1.87 bits per heavy atom. The van der Waals surface area contributed by atoms with Crippen LogP contribution in [0.5, 0.6) is 0 Å². The van der Waals surface area contributed by atoms with E-state index in [0.29, 0.717) is 18.2 Å². The molecule has 3 atom stereocenters. The average Bonchev–Trinajstić information content (AvgIpc) is 2.78. The van der Waals surface area contributed by atoms with Gasteiger partial charge in [0, 0.05) is 19.8 Å². The zero-order valence-electron chi connectivity index (χ0n) is 20.8. The Kier molecular flexibility index (Phi) is 12.4. The molecule has 0 aliphatic heterocycles. The zero-order valence-corrected chi connectivity index (χ0v) is 20.8. The minimum Gasteiger partial charge on any atom is -0.314 e. The number of hydrogen-bond acceptors (Lipinski definition) is 2. The molecule has 0 aliphatic rings. The van der Waals surface area contributed by atoms with Crippen molar-refractivity contribution in [2.75, 3.05) is 6.54 Å². The summed E-state index contributed by atoms with van der Waals surface area (Å²) < 4.78 is 0. The highest BCUT2D eigenvalue weighted by Gasteiger charge is 2.33. The molecule has 0 bridgehead atoms. The van der Waals surface area contributed by atoms with Crippen LogP contribution < -0.4 is 5.32 Å². The van der Waals surface area contributed by atoms with E-state index in [9.17, 15) is 4.79 Å². The smallest absolute Gasteiger partial charge is 0.136 e. The van der Waals surface area contributed by atoms with Gasteiger partial charge in [-0.2, -0.15) is 0 Å². The molecule has 1 rings (SSSR count). The van der Waals surface area contributed by atoms with E-state index in [1.165, 1.54) is 24.0 Å². The van der Waals surface area contributed by atoms with E-state index in [4.69, 9.17) is 0 Å². The van der Waals surface area contributed by atoms with Crippen molar-refractivity contribution < 1.29 is 6.22 Å². The second-order valence-corrected chi connectivity index (χ2v) is 9.12. The highest BCUT2D eigenvalue weighted by Crippen LogP contribution is 2.34. The van der Waals surface area contributed by atoms with Gasteiger partial charge >= 0.3 is 0 Å². The first-order chi connectivity index (χ1) is 14.8. The van der Waals surface area contributed by atoms with Crippen LogP contribution in [0.1, 0.15) is 80.6 Å². The molecule has 1 aromatic carbocycles. The van der Waals surface area contributed by atoms with Gasteiger partial charge in [-0.05, 0) is 48.8 Å². The molecule has 0 heterocycles. The van der Waals surface area contributed by atoms with Gasteiger partial charge < -0.3 is 5.32 Å². The average molecular weight is 426 g/mol. The van der Waals surface area contributed by atoms with Crippen LogP contribution in [0.25, 0.3) is 0 Å². The number of hydrogen-bond donors (Lipinski definition) is 1. The number of ketones is 1. The lowest BCUT2D eigenvalue weighted by Crippen LogP contribution is -2.38. The van der Waals surface area contributed by atoms with Crippen LogP contribution in [0.3, 0.4) is 0 Å². The largest absolute Gasteiger partial charge is 0.314 e. The number of Topliss-reactive ketones (excluding diaryl/α,β-unsaturated/α-hetero) is 1. The monoisotopic (exact) mass is 425 g/mol. The second kappa shape index (κ2) is 14.2. The fourth-order valence-electron chi connectivity index (χ4n) is 4.32. The first kappa shape index (κ1) is 27.1. The molecule has 0 radical (unpaired) electrons. The Morgan fingerprint density at radius 3 is 2.42 bits per heavy atom. The van der Waals surface area contributed by atoms with Gasteiger partial charge in [0.2, 0.25) is 0 Å². The van der Waals surface area contributed by atoms with Crippen LogP contribution in [0.2, 0.25) is 0 Å². The number of rotatable bonds is 15. The van der Waals surface area contributed by atoms with Crippen molar-refractivity contribution in [3.05, 3.63) is 72.4 Å². The molecule has 0 aliphatic carbocycles. The number of benzene rings is 1. The Hall–Kier alpha value is -1.93. The number of carbonyl (C=O) groups excluding carboxylic acids is 1. The zero-order chi connectivity index (χ0) is 23.3. The molecule has 0 amide bonds. The SMILES string of the molecule is C=C/C(=C\C=C/C)C(CCC(=O)C(C)C(C)(C)c1ccccc1)C(CCCC)NCC.[HH]. The number of carbonyl (C=O) groups is 1. The highest BCUT2D eigenvalue weighted by atomic mass is 16.1. The molecular weight excluding hydrogens is 378 g/mol. The topological polar surface area (TPSA) is 29.1 Å². The fourth-order valence-corrected chi connectivity index (χ4v) is 4.32. The first-order valence-electron chi connectivity index (χ1n) is 12.1. The number of nitrogens with one attached hydrogen (secondary N) is 1. The van der Waals surface area contributed by atoms with Crippen molar-refractivity contribution in [3.63, 3.8) is 0 Å². The Balaban J connectivity index is 0.00000961. The Bertz CT molecular complexity index is 720. The fraction of sp³-hybridized carbons (Fsp3) is 0.552. The van der Waals surface area contributed by atoms with Gasteiger partial charge in [-0.1, -0.05) is 109 Å². The molecule has 0 saturated heterocycles. The lowest BCUT2D eigenvalue weighted by atomic mass is 9.71. The third-order valence-electron chi connectivity index (χ3n) is 6.75. The summed E-state index contributed by atoms with van der Waals surface area (Å²) >= 11 is 0.